The molecule has 4 nitrogen and oxygen atoms in total. The summed E-state index contributed by atoms with van der Waals surface area (Å²) in [5.74, 6) is -1.71. The maximum absolute atomic E-state index is 13.9. The Kier molecular flexibility index (Phi) is 5.38. The molecule has 1 fully saturated rings. The van der Waals surface area contributed by atoms with E-state index in [4.69, 9.17) is 4.74 Å². The first-order chi connectivity index (χ1) is 12.1. The van der Waals surface area contributed by atoms with Gasteiger partial charge in [0.2, 0.25) is 5.91 Å². The second-order valence-corrected chi connectivity index (χ2v) is 6.19. The molecule has 25 heavy (non-hydrogen) atoms. The van der Waals surface area contributed by atoms with Crippen molar-refractivity contribution in [1.82, 2.24) is 9.88 Å². The minimum absolute atomic E-state index is 0.0450. The normalized spacial score (nSPS) is 18.8. The molecule has 2 atom stereocenters. The van der Waals surface area contributed by atoms with E-state index in [1.54, 1.807) is 18.2 Å². The van der Waals surface area contributed by atoms with Crippen LogP contribution in [0.1, 0.15) is 23.6 Å². The molecule has 0 N–H and O–H groups in total. The van der Waals surface area contributed by atoms with Crippen LogP contribution in [-0.4, -0.2) is 36.1 Å². The average molecular weight is 346 g/mol. The van der Waals surface area contributed by atoms with Crippen molar-refractivity contribution in [3.05, 3.63) is 65.5 Å². The summed E-state index contributed by atoms with van der Waals surface area (Å²) in [6, 6.07) is 9.08. The summed E-state index contributed by atoms with van der Waals surface area (Å²) >= 11 is 0. The second kappa shape index (κ2) is 7.70. The Bertz CT molecular complexity index is 739. The zero-order valence-electron chi connectivity index (χ0n) is 14.0. The molecule has 0 radical (unpaired) electrons. The van der Waals surface area contributed by atoms with E-state index in [0.29, 0.717) is 31.7 Å². The standard InChI is InChI=1S/C19H20F2N2O2/c1-25-9-8-23(12-14-4-2-3-7-22-14)19(24)17-11-16(17)15-6-5-13(20)10-18(15)21/h2-7,10,16-17H,8-9,11-12H2,1H3/t16-,17+/m0/s1. The Morgan fingerprint density at radius 2 is 2.16 bits per heavy atom. The van der Waals surface area contributed by atoms with Gasteiger partial charge in [0, 0.05) is 31.8 Å². The van der Waals surface area contributed by atoms with Crippen LogP contribution in [0, 0.1) is 17.6 Å². The highest BCUT2D eigenvalue weighted by Gasteiger charge is 2.46. The summed E-state index contributed by atoms with van der Waals surface area (Å²) in [6.07, 6.45) is 2.26. The Morgan fingerprint density at radius 1 is 1.32 bits per heavy atom. The Hall–Kier alpha value is -2.34. The van der Waals surface area contributed by atoms with E-state index >= 15 is 0 Å². The lowest BCUT2D eigenvalue weighted by atomic mass is 10.1. The van der Waals surface area contributed by atoms with Gasteiger partial charge in [-0.15, -0.1) is 0 Å². The predicted molar refractivity (Wildman–Crippen MR) is 88.7 cm³/mol. The molecule has 1 amide bonds. The molecule has 0 aliphatic heterocycles. The fraction of sp³-hybridized carbons (Fsp3) is 0.368. The number of carbonyl (C=O) groups excluding carboxylic acids is 1. The molecule has 0 bridgehead atoms. The molecular weight excluding hydrogens is 326 g/mol. The number of benzene rings is 1. The number of ether oxygens (including phenoxy) is 1. The number of pyridine rings is 1. The van der Waals surface area contributed by atoms with Gasteiger partial charge in [-0.25, -0.2) is 8.78 Å². The number of aromatic nitrogens is 1. The highest BCUT2D eigenvalue weighted by Crippen LogP contribution is 2.49. The molecule has 1 aliphatic rings. The lowest BCUT2D eigenvalue weighted by Crippen LogP contribution is -2.35. The molecule has 1 aromatic heterocycles. The SMILES string of the molecule is COCCN(Cc1ccccn1)C(=O)[C@@H]1C[C@H]1c1ccc(F)cc1F. The van der Waals surface area contributed by atoms with Crippen molar-refractivity contribution >= 4 is 5.91 Å². The quantitative estimate of drug-likeness (QED) is 0.773. The molecule has 1 aliphatic carbocycles. The molecule has 0 unspecified atom stereocenters. The van der Waals surface area contributed by atoms with Crippen LogP contribution in [0.5, 0.6) is 0 Å². The summed E-state index contributed by atoms with van der Waals surface area (Å²) < 4.78 is 32.1. The van der Waals surface area contributed by atoms with E-state index in [9.17, 15) is 13.6 Å². The van der Waals surface area contributed by atoms with Crippen molar-refractivity contribution in [3.8, 4) is 0 Å². The van der Waals surface area contributed by atoms with Crippen molar-refractivity contribution in [3.63, 3.8) is 0 Å². The summed E-state index contributed by atoms with van der Waals surface area (Å²) in [7, 11) is 1.58. The molecule has 6 heteroatoms. The minimum Gasteiger partial charge on any atom is -0.383 e. The Balaban J connectivity index is 1.70. The lowest BCUT2D eigenvalue weighted by molar-refractivity contribution is -0.134. The maximum atomic E-state index is 13.9. The Labute approximate surface area is 145 Å². The molecule has 132 valence electrons. The molecule has 1 heterocycles. The van der Waals surface area contributed by atoms with E-state index in [2.05, 4.69) is 4.98 Å². The molecule has 3 rings (SSSR count). The van der Waals surface area contributed by atoms with Crippen LogP contribution in [0.15, 0.2) is 42.6 Å². The molecule has 1 aromatic carbocycles. The van der Waals surface area contributed by atoms with Gasteiger partial charge < -0.3 is 9.64 Å². The number of methoxy groups -OCH3 is 1. The van der Waals surface area contributed by atoms with Crippen LogP contribution in [0.4, 0.5) is 8.78 Å². The molecule has 1 saturated carbocycles. The average Bonchev–Trinajstić information content (AvgIpc) is 3.39. The maximum Gasteiger partial charge on any atom is 0.226 e. The number of carbonyl (C=O) groups is 1. The van der Waals surface area contributed by atoms with Gasteiger partial charge in [0.1, 0.15) is 11.6 Å². The third-order valence-electron chi connectivity index (χ3n) is 4.43. The first-order valence-corrected chi connectivity index (χ1v) is 8.22. The number of rotatable bonds is 7. The number of amides is 1. The smallest absolute Gasteiger partial charge is 0.226 e. The predicted octanol–water partition coefficient (Wildman–Crippen LogP) is 3.14. The van der Waals surface area contributed by atoms with Gasteiger partial charge in [-0.1, -0.05) is 12.1 Å². The van der Waals surface area contributed by atoms with Crippen LogP contribution in [0.2, 0.25) is 0 Å². The first kappa shape index (κ1) is 17.5. The van der Waals surface area contributed by atoms with Crippen molar-refractivity contribution in [2.75, 3.05) is 20.3 Å². The van der Waals surface area contributed by atoms with Gasteiger partial charge in [0.15, 0.2) is 0 Å². The second-order valence-electron chi connectivity index (χ2n) is 6.19. The number of nitrogens with zero attached hydrogens (tertiary/aromatic N) is 2. The van der Waals surface area contributed by atoms with E-state index in [1.165, 1.54) is 12.1 Å². The van der Waals surface area contributed by atoms with Crippen molar-refractivity contribution in [1.29, 1.82) is 0 Å². The summed E-state index contributed by atoms with van der Waals surface area (Å²) in [4.78, 5) is 18.8. The van der Waals surface area contributed by atoms with Gasteiger partial charge in [-0.2, -0.15) is 0 Å². The minimum atomic E-state index is -0.610. The van der Waals surface area contributed by atoms with Gasteiger partial charge in [-0.05, 0) is 36.1 Å². The van der Waals surface area contributed by atoms with Crippen LogP contribution in [0.3, 0.4) is 0 Å². The van der Waals surface area contributed by atoms with Gasteiger partial charge >= 0.3 is 0 Å². The van der Waals surface area contributed by atoms with Crippen molar-refractivity contribution < 1.29 is 18.3 Å². The number of hydrogen-bond donors (Lipinski definition) is 0. The Morgan fingerprint density at radius 3 is 2.84 bits per heavy atom. The highest BCUT2D eigenvalue weighted by atomic mass is 19.1. The molecule has 0 spiro atoms. The third-order valence-corrected chi connectivity index (χ3v) is 4.43. The third kappa shape index (κ3) is 4.20. The van der Waals surface area contributed by atoms with Crippen LogP contribution in [0.25, 0.3) is 0 Å². The molecule has 2 aromatic rings. The van der Waals surface area contributed by atoms with Crippen molar-refractivity contribution in [2.45, 2.75) is 18.9 Å². The van der Waals surface area contributed by atoms with E-state index in [1.807, 2.05) is 18.2 Å². The zero-order chi connectivity index (χ0) is 17.8. The van der Waals surface area contributed by atoms with Gasteiger partial charge in [0.05, 0.1) is 18.8 Å². The van der Waals surface area contributed by atoms with Crippen LogP contribution < -0.4 is 0 Å². The van der Waals surface area contributed by atoms with Crippen LogP contribution in [-0.2, 0) is 16.1 Å². The number of hydrogen-bond acceptors (Lipinski definition) is 3. The lowest BCUT2D eigenvalue weighted by Gasteiger charge is -2.22. The van der Waals surface area contributed by atoms with E-state index < -0.39 is 11.6 Å². The monoisotopic (exact) mass is 346 g/mol. The van der Waals surface area contributed by atoms with Crippen molar-refractivity contribution in [2.24, 2.45) is 5.92 Å². The molecular formula is C19H20F2N2O2. The fourth-order valence-electron chi connectivity index (χ4n) is 3.00. The zero-order valence-corrected chi connectivity index (χ0v) is 14.0. The largest absolute Gasteiger partial charge is 0.383 e. The van der Waals surface area contributed by atoms with Crippen LogP contribution >= 0.6 is 0 Å². The molecule has 0 saturated heterocycles. The summed E-state index contributed by atoms with van der Waals surface area (Å²) in [5, 5.41) is 0. The van der Waals surface area contributed by atoms with Gasteiger partial charge in [-0.3, -0.25) is 9.78 Å². The summed E-state index contributed by atoms with van der Waals surface area (Å²) in [5.41, 5.74) is 1.20. The fourth-order valence-corrected chi connectivity index (χ4v) is 3.00. The topological polar surface area (TPSA) is 42.4 Å². The highest BCUT2D eigenvalue weighted by molar-refractivity contribution is 5.83. The van der Waals surface area contributed by atoms with Gasteiger partial charge in [0.25, 0.3) is 0 Å². The van der Waals surface area contributed by atoms with E-state index in [-0.39, 0.29) is 17.7 Å². The first-order valence-electron chi connectivity index (χ1n) is 8.22. The summed E-state index contributed by atoms with van der Waals surface area (Å²) in [6.45, 7) is 1.25. The van der Waals surface area contributed by atoms with E-state index in [0.717, 1.165) is 11.8 Å². The number of halogens is 2.